The molecule has 0 bridgehead atoms. The molecule has 20 heavy (non-hydrogen) atoms. The summed E-state index contributed by atoms with van der Waals surface area (Å²) in [5.74, 6) is 2.04. The number of carbonyl (C=O) groups is 1. The molecule has 0 radical (unpaired) electrons. The molecular formula is C14H21N5O. The molecular weight excluding hydrogens is 254 g/mol. The lowest BCUT2D eigenvalue weighted by Crippen LogP contribution is -2.38. The predicted octanol–water partition coefficient (Wildman–Crippen LogP) is 0.722. The van der Waals surface area contributed by atoms with Crippen molar-refractivity contribution in [2.24, 2.45) is 5.92 Å². The summed E-state index contributed by atoms with van der Waals surface area (Å²) in [4.78, 5) is 22.7. The Labute approximate surface area is 118 Å². The van der Waals surface area contributed by atoms with Crippen molar-refractivity contribution in [3.8, 4) is 0 Å². The van der Waals surface area contributed by atoms with Gasteiger partial charge in [0.25, 0.3) is 0 Å². The van der Waals surface area contributed by atoms with Crippen LogP contribution in [-0.4, -0.2) is 40.4 Å². The Morgan fingerprint density at radius 1 is 1.45 bits per heavy atom. The Kier molecular flexibility index (Phi) is 3.82. The number of likely N-dealkylation sites (tertiary alicyclic amines) is 1. The lowest BCUT2D eigenvalue weighted by molar-refractivity contribution is -0.122. The fourth-order valence-corrected chi connectivity index (χ4v) is 2.68. The molecule has 1 saturated carbocycles. The number of carbonyl (C=O) groups excluding carboxylic acids is 1. The molecule has 2 fully saturated rings. The maximum atomic E-state index is 12.0. The first-order valence-electron chi connectivity index (χ1n) is 7.31. The quantitative estimate of drug-likeness (QED) is 0.827. The van der Waals surface area contributed by atoms with Gasteiger partial charge in [0.05, 0.1) is 12.6 Å². The third kappa shape index (κ3) is 3.25. The van der Waals surface area contributed by atoms with Crippen LogP contribution in [0, 0.1) is 5.92 Å². The topological polar surface area (TPSA) is 84.1 Å². The van der Waals surface area contributed by atoms with Crippen LogP contribution in [0.5, 0.6) is 0 Å². The highest BCUT2D eigenvalue weighted by Crippen LogP contribution is 2.30. The summed E-state index contributed by atoms with van der Waals surface area (Å²) >= 11 is 0. The van der Waals surface area contributed by atoms with Gasteiger partial charge < -0.3 is 11.1 Å². The van der Waals surface area contributed by atoms with Gasteiger partial charge in [-0.05, 0) is 44.2 Å². The third-order valence-corrected chi connectivity index (χ3v) is 3.99. The molecule has 2 aliphatic rings. The first-order chi connectivity index (χ1) is 9.72. The fourth-order valence-electron chi connectivity index (χ4n) is 2.68. The Hall–Kier alpha value is -1.69. The van der Waals surface area contributed by atoms with Crippen LogP contribution in [0.25, 0.3) is 0 Å². The zero-order valence-electron chi connectivity index (χ0n) is 11.6. The number of hydrogen-bond acceptors (Lipinski definition) is 5. The van der Waals surface area contributed by atoms with Gasteiger partial charge >= 0.3 is 0 Å². The zero-order chi connectivity index (χ0) is 13.9. The van der Waals surface area contributed by atoms with Gasteiger partial charge in [-0.3, -0.25) is 9.69 Å². The number of nitrogens with one attached hydrogen (secondary N) is 1. The smallest absolute Gasteiger partial charge is 0.234 e. The molecule has 108 valence electrons. The van der Waals surface area contributed by atoms with Crippen molar-refractivity contribution in [1.82, 2.24) is 20.2 Å². The maximum Gasteiger partial charge on any atom is 0.234 e. The number of nitrogens with two attached hydrogens (primary N) is 1. The molecule has 0 spiro atoms. The average molecular weight is 275 g/mol. The van der Waals surface area contributed by atoms with Crippen LogP contribution < -0.4 is 11.1 Å². The molecule has 6 heteroatoms. The minimum atomic E-state index is 0.104. The molecule has 0 aromatic carbocycles. The summed E-state index contributed by atoms with van der Waals surface area (Å²) in [6, 6.07) is 1.80. The zero-order valence-corrected chi connectivity index (χ0v) is 11.6. The SMILES string of the molecule is Nc1ccnc(C2CCCN2CC(=O)NCC2CC2)n1. The van der Waals surface area contributed by atoms with E-state index in [2.05, 4.69) is 20.2 Å². The van der Waals surface area contributed by atoms with E-state index in [1.54, 1.807) is 12.3 Å². The second-order valence-corrected chi connectivity index (χ2v) is 5.72. The highest BCUT2D eigenvalue weighted by atomic mass is 16.2. The number of hydrogen-bond donors (Lipinski definition) is 2. The lowest BCUT2D eigenvalue weighted by Gasteiger charge is -2.22. The van der Waals surface area contributed by atoms with E-state index in [0.717, 1.165) is 31.8 Å². The first-order valence-corrected chi connectivity index (χ1v) is 7.31. The second kappa shape index (κ2) is 5.75. The normalized spacial score (nSPS) is 22.9. The van der Waals surface area contributed by atoms with Gasteiger partial charge in [-0.25, -0.2) is 9.97 Å². The summed E-state index contributed by atoms with van der Waals surface area (Å²) in [5, 5.41) is 3.01. The van der Waals surface area contributed by atoms with Gasteiger partial charge in [0.2, 0.25) is 5.91 Å². The number of anilines is 1. The number of aromatic nitrogens is 2. The van der Waals surface area contributed by atoms with Crippen LogP contribution in [0.15, 0.2) is 12.3 Å². The molecule has 1 aromatic heterocycles. The van der Waals surface area contributed by atoms with E-state index in [4.69, 9.17) is 5.73 Å². The summed E-state index contributed by atoms with van der Waals surface area (Å²) in [6.45, 7) is 2.17. The molecule has 3 rings (SSSR count). The van der Waals surface area contributed by atoms with Gasteiger partial charge in [0.1, 0.15) is 11.6 Å². The molecule has 1 aliphatic carbocycles. The summed E-state index contributed by atoms with van der Waals surface area (Å²) in [5.41, 5.74) is 5.71. The maximum absolute atomic E-state index is 12.0. The fraction of sp³-hybridized carbons (Fsp3) is 0.643. The highest BCUT2D eigenvalue weighted by molar-refractivity contribution is 5.78. The van der Waals surface area contributed by atoms with Crippen molar-refractivity contribution in [2.75, 3.05) is 25.4 Å². The second-order valence-electron chi connectivity index (χ2n) is 5.72. The van der Waals surface area contributed by atoms with E-state index < -0.39 is 0 Å². The Morgan fingerprint density at radius 2 is 2.30 bits per heavy atom. The number of rotatable bonds is 5. The van der Waals surface area contributed by atoms with Gasteiger partial charge in [-0.2, -0.15) is 0 Å². The van der Waals surface area contributed by atoms with E-state index in [9.17, 15) is 4.79 Å². The van der Waals surface area contributed by atoms with Crippen LogP contribution >= 0.6 is 0 Å². The van der Waals surface area contributed by atoms with E-state index in [1.165, 1.54) is 12.8 Å². The molecule has 1 amide bonds. The number of amides is 1. The van der Waals surface area contributed by atoms with Gasteiger partial charge in [-0.1, -0.05) is 0 Å². The van der Waals surface area contributed by atoms with Crippen LogP contribution in [0.2, 0.25) is 0 Å². The van der Waals surface area contributed by atoms with E-state index in [-0.39, 0.29) is 11.9 Å². The molecule has 1 atom stereocenters. The van der Waals surface area contributed by atoms with Crippen molar-refractivity contribution in [3.05, 3.63) is 18.1 Å². The average Bonchev–Trinajstić information content (AvgIpc) is 3.15. The Morgan fingerprint density at radius 3 is 3.05 bits per heavy atom. The minimum Gasteiger partial charge on any atom is -0.384 e. The van der Waals surface area contributed by atoms with Crippen molar-refractivity contribution in [2.45, 2.75) is 31.7 Å². The monoisotopic (exact) mass is 275 g/mol. The van der Waals surface area contributed by atoms with E-state index in [1.807, 2.05) is 0 Å². The van der Waals surface area contributed by atoms with E-state index >= 15 is 0 Å². The molecule has 6 nitrogen and oxygen atoms in total. The highest BCUT2D eigenvalue weighted by Gasteiger charge is 2.30. The van der Waals surface area contributed by atoms with Crippen LogP contribution in [-0.2, 0) is 4.79 Å². The van der Waals surface area contributed by atoms with Gasteiger partial charge in [0.15, 0.2) is 0 Å². The van der Waals surface area contributed by atoms with Crippen LogP contribution in [0.1, 0.15) is 37.5 Å². The largest absolute Gasteiger partial charge is 0.384 e. The van der Waals surface area contributed by atoms with Crippen molar-refractivity contribution >= 4 is 11.7 Å². The molecule has 1 aliphatic heterocycles. The molecule has 1 saturated heterocycles. The molecule has 1 aromatic rings. The van der Waals surface area contributed by atoms with Gasteiger partial charge in [0, 0.05) is 12.7 Å². The summed E-state index contributed by atoms with van der Waals surface area (Å²) < 4.78 is 0. The number of nitrogen functional groups attached to an aromatic ring is 1. The van der Waals surface area contributed by atoms with Gasteiger partial charge in [-0.15, -0.1) is 0 Å². The molecule has 1 unspecified atom stereocenters. The molecule has 3 N–H and O–H groups in total. The first kappa shape index (κ1) is 13.3. The van der Waals surface area contributed by atoms with Crippen LogP contribution in [0.4, 0.5) is 5.82 Å². The lowest BCUT2D eigenvalue weighted by atomic mass is 10.2. The summed E-state index contributed by atoms with van der Waals surface area (Å²) in [6.07, 6.45) is 6.24. The summed E-state index contributed by atoms with van der Waals surface area (Å²) in [7, 11) is 0. The van der Waals surface area contributed by atoms with E-state index in [0.29, 0.717) is 18.3 Å². The van der Waals surface area contributed by atoms with Crippen molar-refractivity contribution in [3.63, 3.8) is 0 Å². The minimum absolute atomic E-state index is 0.104. The third-order valence-electron chi connectivity index (χ3n) is 3.99. The van der Waals surface area contributed by atoms with Crippen LogP contribution in [0.3, 0.4) is 0 Å². The van der Waals surface area contributed by atoms with Crippen molar-refractivity contribution < 1.29 is 4.79 Å². The van der Waals surface area contributed by atoms with Crippen molar-refractivity contribution in [1.29, 1.82) is 0 Å². The Balaban J connectivity index is 1.58. The standard InChI is InChI=1S/C14H21N5O/c15-12-5-6-16-14(18-12)11-2-1-7-19(11)9-13(20)17-8-10-3-4-10/h5-6,10-11H,1-4,7-9H2,(H,17,20)(H2,15,16,18). The predicted molar refractivity (Wildman–Crippen MR) is 75.7 cm³/mol. The Bertz CT molecular complexity index is 488. The number of nitrogens with zero attached hydrogens (tertiary/aromatic N) is 3. The molecule has 2 heterocycles.